The molecule has 0 amide bonds. The summed E-state index contributed by atoms with van der Waals surface area (Å²) in [6.45, 7) is 9.72. The zero-order chi connectivity index (χ0) is 19.8. The number of benzene rings is 2. The van der Waals surface area contributed by atoms with Crippen LogP contribution in [0.15, 0.2) is 48.5 Å². The highest BCUT2D eigenvalue weighted by molar-refractivity contribution is 6.62. The van der Waals surface area contributed by atoms with E-state index in [0.29, 0.717) is 5.46 Å². The molecule has 0 spiro atoms. The second-order valence-electron chi connectivity index (χ2n) is 7.74. The third kappa shape index (κ3) is 3.84. The van der Waals surface area contributed by atoms with Crippen LogP contribution in [0.5, 0.6) is 5.75 Å². The molecule has 0 bridgehead atoms. The summed E-state index contributed by atoms with van der Waals surface area (Å²) in [7, 11) is -0.606. The molecule has 1 saturated heterocycles. The highest BCUT2D eigenvalue weighted by atomic mass is 16.7. The van der Waals surface area contributed by atoms with Crippen LogP contribution in [-0.4, -0.2) is 23.2 Å². The first kappa shape index (κ1) is 19.4. The molecule has 2 aromatic carbocycles. The Morgan fingerprint density at radius 2 is 1.63 bits per heavy atom. The number of ether oxygens (including phenoxy) is 1. The van der Waals surface area contributed by atoms with Crippen LogP contribution >= 0.6 is 0 Å². The summed E-state index contributed by atoms with van der Waals surface area (Å²) in [5, 5.41) is 11.4. The van der Waals surface area contributed by atoms with Gasteiger partial charge in [0.05, 0.1) is 16.1 Å². The Morgan fingerprint density at radius 3 is 2.19 bits per heavy atom. The van der Waals surface area contributed by atoms with E-state index >= 15 is 0 Å². The van der Waals surface area contributed by atoms with Crippen LogP contribution in [0.25, 0.3) is 0 Å². The fourth-order valence-corrected chi connectivity index (χ4v) is 2.88. The van der Waals surface area contributed by atoms with E-state index in [2.05, 4.69) is 0 Å². The van der Waals surface area contributed by atoms with E-state index in [1.165, 1.54) is 6.07 Å². The van der Waals surface area contributed by atoms with Crippen molar-refractivity contribution in [3.05, 3.63) is 64.2 Å². The maximum absolute atomic E-state index is 11.4. The Hall–Kier alpha value is -2.38. The zero-order valence-corrected chi connectivity index (χ0v) is 16.3. The molecule has 0 saturated carbocycles. The van der Waals surface area contributed by atoms with Gasteiger partial charge in [-0.15, -0.1) is 0 Å². The predicted octanol–water partition coefficient (Wildman–Crippen LogP) is 4.03. The first-order valence-corrected chi connectivity index (χ1v) is 8.96. The minimum atomic E-state index is -0.606. The van der Waals surface area contributed by atoms with Gasteiger partial charge < -0.3 is 14.0 Å². The lowest BCUT2D eigenvalue weighted by Crippen LogP contribution is -2.41. The molecule has 1 heterocycles. The quantitative estimate of drug-likeness (QED) is 0.452. The number of hydrogen-bond acceptors (Lipinski definition) is 5. The summed E-state index contributed by atoms with van der Waals surface area (Å²) >= 11 is 0. The molecule has 1 fully saturated rings. The zero-order valence-electron chi connectivity index (χ0n) is 16.3. The van der Waals surface area contributed by atoms with Crippen molar-refractivity contribution in [1.29, 1.82) is 0 Å². The first-order chi connectivity index (χ1) is 12.6. The fraction of sp³-hybridized carbons (Fsp3) is 0.400. The van der Waals surface area contributed by atoms with Gasteiger partial charge in [0.25, 0.3) is 0 Å². The van der Waals surface area contributed by atoms with Crippen LogP contribution in [0, 0.1) is 10.1 Å². The monoisotopic (exact) mass is 369 g/mol. The van der Waals surface area contributed by atoms with Crippen molar-refractivity contribution in [2.24, 2.45) is 0 Å². The van der Waals surface area contributed by atoms with Crippen molar-refractivity contribution in [3.63, 3.8) is 0 Å². The Kier molecular flexibility index (Phi) is 5.01. The van der Waals surface area contributed by atoms with E-state index in [4.69, 9.17) is 14.0 Å². The molecule has 0 aromatic heterocycles. The molecule has 27 heavy (non-hydrogen) atoms. The molecule has 0 N–H and O–H groups in total. The highest BCUT2D eigenvalue weighted by Gasteiger charge is 2.51. The predicted molar refractivity (Wildman–Crippen MR) is 104 cm³/mol. The Bertz CT molecular complexity index is 822. The van der Waals surface area contributed by atoms with Gasteiger partial charge in [0, 0.05) is 6.07 Å². The number of nitrogens with zero attached hydrogens (tertiary/aromatic N) is 1. The summed E-state index contributed by atoms with van der Waals surface area (Å²) in [4.78, 5) is 11.0. The van der Waals surface area contributed by atoms with Crippen LogP contribution in [-0.2, 0) is 9.31 Å². The second-order valence-corrected chi connectivity index (χ2v) is 7.74. The Labute approximate surface area is 159 Å². The minimum absolute atomic E-state index is 0.0851. The number of rotatable bonds is 5. The van der Waals surface area contributed by atoms with Crippen LogP contribution in [0.2, 0.25) is 0 Å². The van der Waals surface area contributed by atoms with Crippen LogP contribution < -0.4 is 10.2 Å². The van der Waals surface area contributed by atoms with Gasteiger partial charge in [0.15, 0.2) is 5.75 Å². The lowest BCUT2D eigenvalue weighted by Gasteiger charge is -2.32. The van der Waals surface area contributed by atoms with Gasteiger partial charge in [-0.3, -0.25) is 10.1 Å². The summed E-state index contributed by atoms with van der Waals surface area (Å²) in [6, 6.07) is 14.3. The molecule has 1 aliphatic rings. The molecule has 3 rings (SSSR count). The molecule has 1 aliphatic heterocycles. The van der Waals surface area contributed by atoms with E-state index in [1.54, 1.807) is 12.1 Å². The van der Waals surface area contributed by atoms with E-state index in [1.807, 2.05) is 65.0 Å². The molecule has 0 aliphatic carbocycles. The van der Waals surface area contributed by atoms with E-state index < -0.39 is 23.2 Å². The number of hydrogen-bond donors (Lipinski definition) is 0. The van der Waals surface area contributed by atoms with Crippen LogP contribution in [0.3, 0.4) is 0 Å². The highest BCUT2D eigenvalue weighted by Crippen LogP contribution is 2.37. The van der Waals surface area contributed by atoms with Crippen molar-refractivity contribution >= 4 is 18.3 Å². The fourth-order valence-electron chi connectivity index (χ4n) is 2.88. The third-order valence-electron chi connectivity index (χ3n) is 5.28. The maximum atomic E-state index is 11.4. The lowest BCUT2D eigenvalue weighted by molar-refractivity contribution is -0.386. The van der Waals surface area contributed by atoms with Crippen molar-refractivity contribution in [2.45, 2.75) is 51.9 Å². The van der Waals surface area contributed by atoms with Crippen LogP contribution in [0.1, 0.15) is 46.3 Å². The van der Waals surface area contributed by atoms with Crippen molar-refractivity contribution in [1.82, 2.24) is 0 Å². The van der Waals surface area contributed by atoms with Crippen LogP contribution in [0.4, 0.5) is 5.69 Å². The van der Waals surface area contributed by atoms with Gasteiger partial charge >= 0.3 is 12.8 Å². The van der Waals surface area contributed by atoms with E-state index in [9.17, 15) is 10.1 Å². The van der Waals surface area contributed by atoms with Crippen molar-refractivity contribution in [2.75, 3.05) is 0 Å². The standard InChI is InChI=1S/C20H24BNO5/c1-14(15-9-7-6-8-10-15)25-18-13-16(11-12-17(18)22(23)24)21-26-19(2,3)20(4,5)27-21/h6-14H,1-5H3/t14-/m0/s1. The molecule has 0 radical (unpaired) electrons. The molecule has 2 aromatic rings. The summed E-state index contributed by atoms with van der Waals surface area (Å²) in [5.74, 6) is 0.198. The second kappa shape index (κ2) is 6.98. The van der Waals surface area contributed by atoms with Gasteiger partial charge in [-0.1, -0.05) is 36.4 Å². The summed E-state index contributed by atoms with van der Waals surface area (Å²) < 4.78 is 18.0. The molecule has 0 unspecified atom stereocenters. The normalized spacial score (nSPS) is 18.9. The van der Waals surface area contributed by atoms with Gasteiger partial charge in [0.1, 0.15) is 6.10 Å². The smallest absolute Gasteiger partial charge is 0.479 e. The molecular formula is C20H24BNO5. The largest absolute Gasteiger partial charge is 0.494 e. The number of nitro groups is 1. The molecular weight excluding hydrogens is 345 g/mol. The van der Waals surface area contributed by atoms with Crippen molar-refractivity contribution in [3.8, 4) is 5.75 Å². The van der Waals surface area contributed by atoms with Gasteiger partial charge in [0.2, 0.25) is 0 Å². The first-order valence-electron chi connectivity index (χ1n) is 8.96. The minimum Gasteiger partial charge on any atom is -0.479 e. The molecule has 1 atom stereocenters. The third-order valence-corrected chi connectivity index (χ3v) is 5.28. The molecule has 142 valence electrons. The molecule has 6 nitrogen and oxygen atoms in total. The lowest BCUT2D eigenvalue weighted by atomic mass is 9.79. The average molecular weight is 369 g/mol. The SMILES string of the molecule is C[C@H](Oc1cc(B2OC(C)(C)C(C)(C)O2)ccc1[N+](=O)[O-])c1ccccc1. The van der Waals surface area contributed by atoms with E-state index in [-0.39, 0.29) is 17.5 Å². The maximum Gasteiger partial charge on any atom is 0.494 e. The van der Waals surface area contributed by atoms with E-state index in [0.717, 1.165) is 5.56 Å². The Balaban J connectivity index is 1.91. The summed E-state index contributed by atoms with van der Waals surface area (Å²) in [5.41, 5.74) is 0.565. The number of nitro benzene ring substituents is 1. The Morgan fingerprint density at radius 1 is 1.04 bits per heavy atom. The van der Waals surface area contributed by atoms with Gasteiger partial charge in [-0.25, -0.2) is 0 Å². The topological polar surface area (TPSA) is 70.8 Å². The molecule has 7 heteroatoms. The summed E-state index contributed by atoms with van der Waals surface area (Å²) in [6.07, 6.45) is -0.335. The van der Waals surface area contributed by atoms with Gasteiger partial charge in [-0.2, -0.15) is 0 Å². The van der Waals surface area contributed by atoms with Crippen molar-refractivity contribution < 1.29 is 19.0 Å². The average Bonchev–Trinajstić information content (AvgIpc) is 2.83. The van der Waals surface area contributed by atoms with Gasteiger partial charge in [-0.05, 0) is 51.7 Å².